The number of carbonyl (C=O) groups excluding carboxylic acids is 1. The van der Waals surface area contributed by atoms with E-state index < -0.39 is 24.3 Å². The molecular formula is C12H18O6. The second-order valence-corrected chi connectivity index (χ2v) is 5.31. The summed E-state index contributed by atoms with van der Waals surface area (Å²) < 4.78 is 11.7. The molecule has 0 spiro atoms. The third-order valence-electron chi connectivity index (χ3n) is 4.35. The highest BCUT2D eigenvalue weighted by Gasteiger charge is 2.65. The molecule has 1 N–H and O–H groups in total. The molecule has 6 nitrogen and oxygen atoms in total. The Morgan fingerprint density at radius 3 is 2.83 bits per heavy atom. The molecule has 3 aliphatic rings. The van der Waals surface area contributed by atoms with E-state index in [-0.39, 0.29) is 24.2 Å². The van der Waals surface area contributed by atoms with Gasteiger partial charge in [0.2, 0.25) is 12.6 Å². The minimum Gasteiger partial charge on any atom is -0.396 e. The first kappa shape index (κ1) is 12.5. The minimum atomic E-state index is -0.829. The maximum absolute atomic E-state index is 12.3. The molecule has 0 unspecified atom stereocenters. The van der Waals surface area contributed by atoms with Crippen LogP contribution in [0.2, 0.25) is 0 Å². The van der Waals surface area contributed by atoms with Crippen LogP contribution in [0, 0.1) is 11.8 Å². The Morgan fingerprint density at radius 2 is 2.11 bits per heavy atom. The van der Waals surface area contributed by atoms with Crippen LogP contribution in [0.3, 0.4) is 0 Å². The molecule has 0 saturated carbocycles. The van der Waals surface area contributed by atoms with Gasteiger partial charge in [-0.25, -0.2) is 0 Å². The van der Waals surface area contributed by atoms with Gasteiger partial charge in [-0.15, -0.1) is 0 Å². The summed E-state index contributed by atoms with van der Waals surface area (Å²) in [6.45, 7) is 3.70. The van der Waals surface area contributed by atoms with E-state index in [1.165, 1.54) is 0 Å². The lowest BCUT2D eigenvalue weighted by Gasteiger charge is -2.51. The van der Waals surface area contributed by atoms with Crippen LogP contribution >= 0.6 is 0 Å². The summed E-state index contributed by atoms with van der Waals surface area (Å²) in [7, 11) is 0. The molecule has 3 saturated heterocycles. The second-order valence-electron chi connectivity index (χ2n) is 5.31. The van der Waals surface area contributed by atoms with Crippen molar-refractivity contribution in [2.24, 2.45) is 11.8 Å². The van der Waals surface area contributed by atoms with Gasteiger partial charge in [-0.05, 0) is 12.8 Å². The van der Waals surface area contributed by atoms with E-state index in [4.69, 9.17) is 24.4 Å². The zero-order valence-corrected chi connectivity index (χ0v) is 10.5. The van der Waals surface area contributed by atoms with Gasteiger partial charge in [-0.3, -0.25) is 4.79 Å². The minimum absolute atomic E-state index is 0.0449. The van der Waals surface area contributed by atoms with E-state index in [2.05, 4.69) is 0 Å². The van der Waals surface area contributed by atoms with Crippen LogP contribution in [0.1, 0.15) is 26.7 Å². The molecule has 3 fully saturated rings. The van der Waals surface area contributed by atoms with Crippen LogP contribution in [-0.2, 0) is 24.0 Å². The standard InChI is InChI=1S/C12H18O6/c1-6-8(14)7(2)12(4-3-5-13)11-15-10(17-18-11)9(6)16-12/h6-7,9-11,13H,3-5H2,1-2H3/t6-,7+,9+,10+,11-,12-/m1/s1. The lowest BCUT2D eigenvalue weighted by atomic mass is 9.72. The molecule has 18 heavy (non-hydrogen) atoms. The Morgan fingerprint density at radius 1 is 1.33 bits per heavy atom. The molecule has 6 heteroatoms. The first-order valence-electron chi connectivity index (χ1n) is 6.40. The van der Waals surface area contributed by atoms with Crippen molar-refractivity contribution < 1.29 is 29.1 Å². The van der Waals surface area contributed by atoms with Gasteiger partial charge in [0, 0.05) is 18.4 Å². The number of aliphatic hydroxyl groups is 1. The molecule has 0 aromatic rings. The molecule has 0 amide bonds. The Labute approximate surface area is 105 Å². The number of hydrogen-bond donors (Lipinski definition) is 1. The van der Waals surface area contributed by atoms with Crippen molar-refractivity contribution in [3.8, 4) is 0 Å². The van der Waals surface area contributed by atoms with Gasteiger partial charge >= 0.3 is 0 Å². The van der Waals surface area contributed by atoms with Gasteiger partial charge in [0.25, 0.3) is 0 Å². The molecule has 3 aliphatic heterocycles. The third kappa shape index (κ3) is 1.50. The van der Waals surface area contributed by atoms with Gasteiger partial charge in [-0.1, -0.05) is 13.8 Å². The number of hydrogen-bond acceptors (Lipinski definition) is 6. The largest absolute Gasteiger partial charge is 0.396 e. The molecule has 0 aromatic carbocycles. The number of carbonyl (C=O) groups is 1. The van der Waals surface area contributed by atoms with Crippen molar-refractivity contribution in [3.05, 3.63) is 0 Å². The average molecular weight is 258 g/mol. The number of rotatable bonds is 3. The quantitative estimate of drug-likeness (QED) is 0.738. The first-order valence-corrected chi connectivity index (χ1v) is 6.40. The lowest BCUT2D eigenvalue weighted by Crippen LogP contribution is -2.66. The highest BCUT2D eigenvalue weighted by atomic mass is 17.3. The van der Waals surface area contributed by atoms with Crippen molar-refractivity contribution in [2.45, 2.75) is 51.0 Å². The Hall–Kier alpha value is -0.530. The maximum Gasteiger partial charge on any atom is 0.223 e. The summed E-state index contributed by atoms with van der Waals surface area (Å²) in [6, 6.07) is 0. The van der Waals surface area contributed by atoms with E-state index in [1.54, 1.807) is 0 Å². The molecule has 0 aliphatic carbocycles. The third-order valence-corrected chi connectivity index (χ3v) is 4.35. The van der Waals surface area contributed by atoms with Gasteiger partial charge in [0.05, 0.1) is 0 Å². The zero-order chi connectivity index (χ0) is 12.9. The second kappa shape index (κ2) is 4.25. The zero-order valence-electron chi connectivity index (χ0n) is 10.5. The summed E-state index contributed by atoms with van der Waals surface area (Å²) in [5.74, 6) is -0.450. The first-order chi connectivity index (χ1) is 8.60. The van der Waals surface area contributed by atoms with Crippen LogP contribution in [0.4, 0.5) is 0 Å². The topological polar surface area (TPSA) is 74.2 Å². The monoisotopic (exact) mass is 258 g/mol. The summed E-state index contributed by atoms with van der Waals surface area (Å²) in [4.78, 5) is 22.6. The SMILES string of the molecule is C[C@@H]1C(=O)[C@H](C)[C@@]2(CCCO)O[C@@H]1[C@@H]1OO[C@H]2O1. The van der Waals surface area contributed by atoms with Crippen LogP contribution in [0.5, 0.6) is 0 Å². The van der Waals surface area contributed by atoms with Crippen LogP contribution in [0.15, 0.2) is 0 Å². The highest BCUT2D eigenvalue weighted by Crippen LogP contribution is 2.49. The fraction of sp³-hybridized carbons (Fsp3) is 0.917. The summed E-state index contributed by atoms with van der Waals surface area (Å²) in [6.07, 6.45) is -0.681. The predicted molar refractivity (Wildman–Crippen MR) is 58.1 cm³/mol. The number of fused-ring (bicyclic) bond motifs is 6. The van der Waals surface area contributed by atoms with Gasteiger partial charge in [-0.2, -0.15) is 9.78 Å². The van der Waals surface area contributed by atoms with E-state index in [1.807, 2.05) is 13.8 Å². The Bertz CT molecular complexity index is 358. The van der Waals surface area contributed by atoms with Gasteiger partial charge < -0.3 is 14.6 Å². The number of ether oxygens (including phenoxy) is 2. The van der Waals surface area contributed by atoms with E-state index in [0.29, 0.717) is 12.8 Å². The van der Waals surface area contributed by atoms with Crippen molar-refractivity contribution in [3.63, 3.8) is 0 Å². The highest BCUT2D eigenvalue weighted by molar-refractivity contribution is 5.85. The van der Waals surface area contributed by atoms with Crippen LogP contribution < -0.4 is 0 Å². The number of ketones is 1. The van der Waals surface area contributed by atoms with Crippen molar-refractivity contribution in [1.29, 1.82) is 0 Å². The van der Waals surface area contributed by atoms with E-state index in [9.17, 15) is 4.79 Å². The molecule has 0 aromatic heterocycles. The maximum atomic E-state index is 12.3. The fourth-order valence-electron chi connectivity index (χ4n) is 3.16. The van der Waals surface area contributed by atoms with Crippen molar-refractivity contribution >= 4 is 5.78 Å². The van der Waals surface area contributed by atoms with Crippen LogP contribution in [0.25, 0.3) is 0 Å². The smallest absolute Gasteiger partial charge is 0.223 e. The molecular weight excluding hydrogens is 240 g/mol. The number of Topliss-reactive ketones (excluding diaryl/α,β-unsaturated/α-hetero) is 1. The lowest BCUT2D eigenvalue weighted by molar-refractivity contribution is -0.319. The molecule has 3 heterocycles. The molecule has 6 atom stereocenters. The number of aliphatic hydroxyl groups excluding tert-OH is 1. The normalized spacial score (nSPS) is 50.6. The molecule has 4 bridgehead atoms. The van der Waals surface area contributed by atoms with Crippen molar-refractivity contribution in [1.82, 2.24) is 0 Å². The van der Waals surface area contributed by atoms with Crippen LogP contribution in [-0.4, -0.2) is 41.8 Å². The summed E-state index contributed by atoms with van der Waals surface area (Å²) >= 11 is 0. The van der Waals surface area contributed by atoms with E-state index >= 15 is 0 Å². The van der Waals surface area contributed by atoms with Gasteiger partial charge in [0.15, 0.2) is 0 Å². The van der Waals surface area contributed by atoms with Crippen molar-refractivity contribution in [2.75, 3.05) is 6.61 Å². The van der Waals surface area contributed by atoms with E-state index in [0.717, 1.165) is 0 Å². The Kier molecular flexibility index (Phi) is 2.95. The molecule has 0 radical (unpaired) electrons. The Balaban J connectivity index is 1.95. The summed E-state index contributed by atoms with van der Waals surface area (Å²) in [5.41, 5.74) is -0.829. The van der Waals surface area contributed by atoms with Gasteiger partial charge in [0.1, 0.15) is 17.5 Å². The molecule has 102 valence electrons. The summed E-state index contributed by atoms with van der Waals surface area (Å²) in [5, 5.41) is 9.01. The predicted octanol–water partition coefficient (Wildman–Crippen LogP) is 0.382. The molecule has 3 rings (SSSR count). The average Bonchev–Trinajstić information content (AvgIpc) is 2.81. The fourth-order valence-corrected chi connectivity index (χ4v) is 3.16.